The van der Waals surface area contributed by atoms with E-state index >= 15 is 0 Å². The Kier molecular flexibility index (Phi) is 6.66. The summed E-state index contributed by atoms with van der Waals surface area (Å²) in [7, 11) is 0. The molecule has 0 spiro atoms. The van der Waals surface area contributed by atoms with Gasteiger partial charge in [-0.15, -0.1) is 10.2 Å². The van der Waals surface area contributed by atoms with Gasteiger partial charge in [0, 0.05) is 24.0 Å². The second kappa shape index (κ2) is 10.4. The fourth-order valence-corrected chi connectivity index (χ4v) is 3.81. The van der Waals surface area contributed by atoms with Crippen molar-refractivity contribution in [2.75, 3.05) is 5.32 Å². The average molecular weight is 482 g/mol. The van der Waals surface area contributed by atoms with Crippen LogP contribution in [0.25, 0.3) is 22.7 Å². The van der Waals surface area contributed by atoms with E-state index in [0.29, 0.717) is 41.8 Å². The third-order valence-electron chi connectivity index (χ3n) is 5.74. The first-order chi connectivity index (χ1) is 17.5. The van der Waals surface area contributed by atoms with Gasteiger partial charge >= 0.3 is 0 Å². The van der Waals surface area contributed by atoms with Crippen LogP contribution in [0.5, 0.6) is 0 Å². The highest BCUT2D eigenvalue weighted by atomic mass is 19.1. The molecule has 0 bridgehead atoms. The topological polar surface area (TPSA) is 85.8 Å². The molecule has 0 unspecified atom stereocenters. The van der Waals surface area contributed by atoms with Gasteiger partial charge in [0.2, 0.25) is 17.7 Å². The second-order valence-corrected chi connectivity index (χ2v) is 8.48. The molecular weight excluding hydrogens is 457 g/mol. The minimum atomic E-state index is -0.336. The third-order valence-corrected chi connectivity index (χ3v) is 5.74. The van der Waals surface area contributed by atoms with Gasteiger partial charge in [0.15, 0.2) is 0 Å². The summed E-state index contributed by atoms with van der Waals surface area (Å²) in [5.41, 5.74) is 4.31. The molecule has 0 radical (unpaired) electrons. The monoisotopic (exact) mass is 481 g/mol. The van der Waals surface area contributed by atoms with E-state index in [9.17, 15) is 9.18 Å². The van der Waals surface area contributed by atoms with E-state index in [0.717, 1.165) is 16.7 Å². The Balaban J connectivity index is 1.32. The molecule has 180 valence electrons. The quantitative estimate of drug-likeness (QED) is 0.309. The lowest BCUT2D eigenvalue weighted by Gasteiger charge is -2.12. The summed E-state index contributed by atoms with van der Waals surface area (Å²) in [4.78, 5) is 17.4. The van der Waals surface area contributed by atoms with Crippen LogP contribution >= 0.6 is 0 Å². The Hall–Kier alpha value is -4.59. The molecule has 2 aromatic heterocycles. The lowest BCUT2D eigenvalue weighted by atomic mass is 10.1. The molecule has 0 saturated carbocycles. The predicted molar refractivity (Wildman–Crippen MR) is 135 cm³/mol. The molecule has 0 fully saturated rings. The van der Waals surface area contributed by atoms with Crippen molar-refractivity contribution in [3.05, 3.63) is 108 Å². The zero-order chi connectivity index (χ0) is 24.9. The first kappa shape index (κ1) is 23.2. The minimum absolute atomic E-state index is 0.148. The third kappa shape index (κ3) is 5.38. The van der Waals surface area contributed by atoms with Crippen LogP contribution in [0.15, 0.2) is 89.6 Å². The standard InChI is InChI=1S/C28H24FN5O2/c1-19-7-9-22(10-8-19)28-33-32-25(36-28)16-15-24(35)31-27-26(21-11-13-23(29)14-12-21)30-18-34(27)17-20-5-3-2-4-6-20/h2-14,18H,15-17H2,1H3,(H,31,35). The van der Waals surface area contributed by atoms with Crippen molar-refractivity contribution in [2.24, 2.45) is 0 Å². The van der Waals surface area contributed by atoms with Gasteiger partial charge in [-0.1, -0.05) is 48.0 Å². The number of carbonyl (C=O) groups excluding carboxylic acids is 1. The zero-order valence-corrected chi connectivity index (χ0v) is 19.7. The van der Waals surface area contributed by atoms with E-state index in [1.54, 1.807) is 18.5 Å². The first-order valence-electron chi connectivity index (χ1n) is 11.6. The van der Waals surface area contributed by atoms with Gasteiger partial charge in [0.05, 0.1) is 12.9 Å². The van der Waals surface area contributed by atoms with E-state index in [4.69, 9.17) is 4.42 Å². The number of rotatable bonds is 8. The van der Waals surface area contributed by atoms with Crippen molar-refractivity contribution in [3.8, 4) is 22.7 Å². The fourth-order valence-electron chi connectivity index (χ4n) is 3.81. The minimum Gasteiger partial charge on any atom is -0.421 e. The molecule has 36 heavy (non-hydrogen) atoms. The molecule has 0 aliphatic rings. The SMILES string of the molecule is Cc1ccc(-c2nnc(CCC(=O)Nc3c(-c4ccc(F)cc4)ncn3Cc3ccccc3)o2)cc1. The van der Waals surface area contributed by atoms with Crippen molar-refractivity contribution in [1.29, 1.82) is 0 Å². The predicted octanol–water partition coefficient (Wildman–Crippen LogP) is 5.67. The number of halogens is 1. The van der Waals surface area contributed by atoms with E-state index < -0.39 is 0 Å². The van der Waals surface area contributed by atoms with Crippen LogP contribution in [0.4, 0.5) is 10.2 Å². The molecule has 7 nitrogen and oxygen atoms in total. The van der Waals surface area contributed by atoms with Gasteiger partial charge < -0.3 is 14.3 Å². The average Bonchev–Trinajstić information content (AvgIpc) is 3.52. The van der Waals surface area contributed by atoms with E-state index in [2.05, 4.69) is 20.5 Å². The molecule has 2 heterocycles. The van der Waals surface area contributed by atoms with E-state index in [1.807, 2.05) is 66.1 Å². The molecule has 0 aliphatic heterocycles. The van der Waals surface area contributed by atoms with Gasteiger partial charge in [-0.25, -0.2) is 9.37 Å². The van der Waals surface area contributed by atoms with Crippen LogP contribution in [-0.4, -0.2) is 25.7 Å². The number of imidazole rings is 1. The van der Waals surface area contributed by atoms with Crippen LogP contribution < -0.4 is 5.32 Å². The number of hydrogen-bond donors (Lipinski definition) is 1. The highest BCUT2D eigenvalue weighted by Crippen LogP contribution is 2.28. The summed E-state index contributed by atoms with van der Waals surface area (Å²) in [5, 5.41) is 11.2. The number of nitrogens with one attached hydrogen (secondary N) is 1. The fraction of sp³-hybridized carbons (Fsp3) is 0.143. The normalized spacial score (nSPS) is 10.9. The summed E-state index contributed by atoms with van der Waals surface area (Å²) in [6, 6.07) is 23.7. The van der Waals surface area contributed by atoms with Crippen molar-refractivity contribution in [3.63, 3.8) is 0 Å². The van der Waals surface area contributed by atoms with Crippen LogP contribution in [0.2, 0.25) is 0 Å². The van der Waals surface area contributed by atoms with Crippen molar-refractivity contribution < 1.29 is 13.6 Å². The highest BCUT2D eigenvalue weighted by molar-refractivity contribution is 5.93. The molecule has 8 heteroatoms. The summed E-state index contributed by atoms with van der Waals surface area (Å²) in [6.45, 7) is 2.53. The Labute approximate surface area is 207 Å². The maximum absolute atomic E-state index is 13.5. The number of hydrogen-bond acceptors (Lipinski definition) is 5. The smallest absolute Gasteiger partial charge is 0.247 e. The maximum atomic E-state index is 13.5. The van der Waals surface area contributed by atoms with Gasteiger partial charge in [-0.3, -0.25) is 4.79 Å². The van der Waals surface area contributed by atoms with Gasteiger partial charge in [-0.05, 0) is 48.9 Å². The molecule has 1 amide bonds. The van der Waals surface area contributed by atoms with Gasteiger partial charge in [0.1, 0.15) is 17.3 Å². The Morgan fingerprint density at radius 1 is 0.944 bits per heavy atom. The van der Waals surface area contributed by atoms with Crippen molar-refractivity contribution in [1.82, 2.24) is 19.7 Å². The van der Waals surface area contributed by atoms with Crippen LogP contribution in [0.1, 0.15) is 23.4 Å². The van der Waals surface area contributed by atoms with Crippen LogP contribution in [0.3, 0.4) is 0 Å². The molecule has 0 saturated heterocycles. The summed E-state index contributed by atoms with van der Waals surface area (Å²) < 4.78 is 21.1. The summed E-state index contributed by atoms with van der Waals surface area (Å²) in [5.74, 6) is 0.796. The summed E-state index contributed by atoms with van der Waals surface area (Å²) >= 11 is 0. The van der Waals surface area contributed by atoms with E-state index in [1.165, 1.54) is 12.1 Å². The lowest BCUT2D eigenvalue weighted by Crippen LogP contribution is -2.16. The Morgan fingerprint density at radius 2 is 1.67 bits per heavy atom. The van der Waals surface area contributed by atoms with Crippen molar-refractivity contribution in [2.45, 2.75) is 26.3 Å². The summed E-state index contributed by atoms with van der Waals surface area (Å²) in [6.07, 6.45) is 2.12. The van der Waals surface area contributed by atoms with Gasteiger partial charge in [0.25, 0.3) is 0 Å². The number of aromatic nitrogens is 4. The van der Waals surface area contributed by atoms with Gasteiger partial charge in [-0.2, -0.15) is 0 Å². The second-order valence-electron chi connectivity index (χ2n) is 8.48. The maximum Gasteiger partial charge on any atom is 0.247 e. The number of aryl methyl sites for hydroxylation is 2. The highest BCUT2D eigenvalue weighted by Gasteiger charge is 2.17. The lowest BCUT2D eigenvalue weighted by molar-refractivity contribution is -0.116. The van der Waals surface area contributed by atoms with Crippen LogP contribution in [0, 0.1) is 12.7 Å². The zero-order valence-electron chi connectivity index (χ0n) is 19.7. The molecule has 0 atom stereocenters. The largest absolute Gasteiger partial charge is 0.421 e. The molecule has 3 aromatic carbocycles. The molecule has 0 aliphatic carbocycles. The number of amides is 1. The molecule has 1 N–H and O–H groups in total. The first-order valence-corrected chi connectivity index (χ1v) is 11.6. The van der Waals surface area contributed by atoms with Crippen LogP contribution in [-0.2, 0) is 17.8 Å². The Morgan fingerprint density at radius 3 is 2.42 bits per heavy atom. The number of anilines is 1. The number of carbonyl (C=O) groups is 1. The number of benzene rings is 3. The van der Waals surface area contributed by atoms with Crippen molar-refractivity contribution >= 4 is 11.7 Å². The molecular formula is C28H24FN5O2. The molecule has 5 aromatic rings. The van der Waals surface area contributed by atoms with E-state index in [-0.39, 0.29) is 18.1 Å². The number of nitrogens with zero attached hydrogens (tertiary/aromatic N) is 4. The molecule has 5 rings (SSSR count). The Bertz CT molecular complexity index is 1460.